The lowest BCUT2D eigenvalue weighted by Crippen LogP contribution is -2.38. The lowest BCUT2D eigenvalue weighted by Gasteiger charge is -2.31. The largest absolute Gasteiger partial charge is 0.497 e. The average molecular weight is 518 g/mol. The highest BCUT2D eigenvalue weighted by Crippen LogP contribution is 2.44. The Bertz CT molecular complexity index is 1460. The van der Waals surface area contributed by atoms with Gasteiger partial charge < -0.3 is 19.5 Å². The van der Waals surface area contributed by atoms with Crippen molar-refractivity contribution in [3.05, 3.63) is 98.6 Å². The molecule has 2 aromatic heterocycles. The summed E-state index contributed by atoms with van der Waals surface area (Å²) in [4.78, 5) is 17.4. The van der Waals surface area contributed by atoms with Gasteiger partial charge in [0.25, 0.3) is 0 Å². The van der Waals surface area contributed by atoms with Crippen LogP contribution in [-0.2, 0) is 19.4 Å². The van der Waals surface area contributed by atoms with Crippen molar-refractivity contribution in [2.24, 2.45) is 0 Å². The van der Waals surface area contributed by atoms with Crippen LogP contribution in [-0.4, -0.2) is 22.6 Å². The summed E-state index contributed by atoms with van der Waals surface area (Å²) in [7, 11) is 1.67. The van der Waals surface area contributed by atoms with E-state index in [-0.39, 0.29) is 12.1 Å². The van der Waals surface area contributed by atoms with Crippen LogP contribution in [0, 0.1) is 6.92 Å². The van der Waals surface area contributed by atoms with E-state index in [4.69, 9.17) is 16.3 Å². The highest BCUT2D eigenvalue weighted by atomic mass is 35.5. The fourth-order valence-electron chi connectivity index (χ4n) is 5.41. The highest BCUT2D eigenvalue weighted by molar-refractivity contribution is 7.15. The molecule has 1 aliphatic heterocycles. The van der Waals surface area contributed by atoms with Crippen LogP contribution in [0.3, 0.4) is 0 Å². The molecular weight excluding hydrogens is 490 g/mol. The summed E-state index contributed by atoms with van der Waals surface area (Å²) in [6, 6.07) is 17.4. The van der Waals surface area contributed by atoms with Gasteiger partial charge in [0.15, 0.2) is 0 Å². The van der Waals surface area contributed by atoms with Gasteiger partial charge in [-0.1, -0.05) is 29.8 Å². The molecule has 3 heterocycles. The first kappa shape index (κ1) is 23.2. The van der Waals surface area contributed by atoms with E-state index in [0.717, 1.165) is 35.4 Å². The zero-order valence-electron chi connectivity index (χ0n) is 20.4. The smallest absolute Gasteiger partial charge is 0.322 e. The van der Waals surface area contributed by atoms with Crippen LogP contribution < -0.4 is 10.1 Å². The normalized spacial score (nSPS) is 16.5. The number of hydrogen-bond donors (Lipinski definition) is 1. The average Bonchev–Trinajstić information content (AvgIpc) is 3.48. The molecule has 4 aromatic rings. The Kier molecular flexibility index (Phi) is 6.02. The standard InChI is InChI=1S/C29H28ClN3O2S/c1-18-12-13-20(16-24(18)30)31-29(34)33-17-23-22-9-3-4-11-26(22)36-28(23)32-14-6-10-25(32)27(33)19-7-5-8-21(15-19)35-2/h5-8,10,12-16,27H,3-4,9,11,17H2,1-2H3,(H,31,34)/t27-/m1/s1. The number of carbonyl (C=O) groups is 1. The van der Waals surface area contributed by atoms with Crippen molar-refractivity contribution >= 4 is 34.7 Å². The summed E-state index contributed by atoms with van der Waals surface area (Å²) >= 11 is 8.26. The van der Waals surface area contributed by atoms with Crippen molar-refractivity contribution in [1.82, 2.24) is 9.47 Å². The molecule has 2 aliphatic rings. The van der Waals surface area contributed by atoms with Crippen LogP contribution in [0.15, 0.2) is 60.8 Å². The summed E-state index contributed by atoms with van der Waals surface area (Å²) in [6.45, 7) is 2.49. The molecule has 7 heteroatoms. The minimum atomic E-state index is -0.283. The van der Waals surface area contributed by atoms with Crippen molar-refractivity contribution in [1.29, 1.82) is 0 Å². The quantitative estimate of drug-likeness (QED) is 0.305. The molecule has 0 bridgehead atoms. The van der Waals surface area contributed by atoms with Crippen molar-refractivity contribution in [3.8, 4) is 10.8 Å². The molecule has 0 spiro atoms. The number of fused-ring (bicyclic) bond motifs is 5. The first-order valence-electron chi connectivity index (χ1n) is 12.3. The number of thiophene rings is 1. The first-order valence-corrected chi connectivity index (χ1v) is 13.5. The SMILES string of the molecule is COc1cccc([C@@H]2c3cccn3-c3sc4c(c3CN2C(=O)Nc2ccc(C)c(Cl)c2)CCCC4)c1. The van der Waals surface area contributed by atoms with Crippen LogP contribution in [0.2, 0.25) is 5.02 Å². The van der Waals surface area contributed by atoms with Crippen LogP contribution in [0.4, 0.5) is 10.5 Å². The van der Waals surface area contributed by atoms with Crippen molar-refractivity contribution in [3.63, 3.8) is 0 Å². The summed E-state index contributed by atoms with van der Waals surface area (Å²) in [5.74, 6) is 0.771. The summed E-state index contributed by atoms with van der Waals surface area (Å²) in [5.41, 5.74) is 6.45. The number of aryl methyl sites for hydroxylation is 2. The van der Waals surface area contributed by atoms with Gasteiger partial charge in [-0.3, -0.25) is 0 Å². The molecule has 184 valence electrons. The minimum absolute atomic E-state index is 0.154. The third-order valence-corrected chi connectivity index (χ3v) is 9.01. The summed E-state index contributed by atoms with van der Waals surface area (Å²) in [5, 5.41) is 5.00. The van der Waals surface area contributed by atoms with E-state index in [1.54, 1.807) is 7.11 Å². The van der Waals surface area contributed by atoms with Crippen molar-refractivity contribution in [2.45, 2.75) is 45.2 Å². The fraction of sp³-hybridized carbons (Fsp3) is 0.276. The van der Waals surface area contributed by atoms with E-state index in [2.05, 4.69) is 34.3 Å². The third-order valence-electron chi connectivity index (χ3n) is 7.27. The van der Waals surface area contributed by atoms with Gasteiger partial charge in [0, 0.05) is 27.3 Å². The topological polar surface area (TPSA) is 46.5 Å². The highest BCUT2D eigenvalue weighted by Gasteiger charge is 2.36. The molecular formula is C29H28ClN3O2S. The molecule has 36 heavy (non-hydrogen) atoms. The number of methoxy groups -OCH3 is 1. The van der Waals surface area contributed by atoms with Gasteiger partial charge in [-0.25, -0.2) is 4.79 Å². The van der Waals surface area contributed by atoms with Crippen LogP contribution >= 0.6 is 22.9 Å². The van der Waals surface area contributed by atoms with E-state index < -0.39 is 0 Å². The fourth-order valence-corrected chi connectivity index (χ4v) is 7.00. The lowest BCUT2D eigenvalue weighted by molar-refractivity contribution is 0.194. The molecule has 6 rings (SSSR count). The Morgan fingerprint density at radius 2 is 1.94 bits per heavy atom. The molecule has 2 aromatic carbocycles. The summed E-state index contributed by atoms with van der Waals surface area (Å²) < 4.78 is 7.84. The van der Waals surface area contributed by atoms with E-state index in [1.165, 1.54) is 33.8 Å². The molecule has 5 nitrogen and oxygen atoms in total. The van der Waals surface area contributed by atoms with E-state index >= 15 is 0 Å². The second-order valence-electron chi connectivity index (χ2n) is 9.50. The van der Waals surface area contributed by atoms with Gasteiger partial charge >= 0.3 is 6.03 Å². The van der Waals surface area contributed by atoms with Crippen LogP contribution in [0.25, 0.3) is 5.00 Å². The maximum absolute atomic E-state index is 14.0. The zero-order valence-corrected chi connectivity index (χ0v) is 22.0. The molecule has 2 amide bonds. The Hall–Kier alpha value is -3.22. The second-order valence-corrected chi connectivity index (χ2v) is 11.0. The third kappa shape index (κ3) is 3.98. The van der Waals surface area contributed by atoms with Gasteiger partial charge in [0.1, 0.15) is 10.8 Å². The maximum atomic E-state index is 14.0. The Morgan fingerprint density at radius 3 is 2.78 bits per heavy atom. The molecule has 0 unspecified atom stereocenters. The number of urea groups is 1. The Morgan fingerprint density at radius 1 is 1.08 bits per heavy atom. The van der Waals surface area contributed by atoms with Gasteiger partial charge in [0.2, 0.25) is 0 Å². The second kappa shape index (κ2) is 9.34. The van der Waals surface area contributed by atoms with Crippen LogP contribution in [0.1, 0.15) is 51.7 Å². The number of benzene rings is 2. The first-order chi connectivity index (χ1) is 17.5. The Labute approximate surface area is 220 Å². The number of anilines is 1. The van der Waals surface area contributed by atoms with Gasteiger partial charge in [0.05, 0.1) is 25.4 Å². The molecule has 0 fully saturated rings. The van der Waals surface area contributed by atoms with E-state index in [1.807, 2.05) is 59.6 Å². The van der Waals surface area contributed by atoms with E-state index in [9.17, 15) is 4.79 Å². The van der Waals surface area contributed by atoms with Gasteiger partial charge in [-0.15, -0.1) is 11.3 Å². The van der Waals surface area contributed by atoms with Crippen molar-refractivity contribution in [2.75, 3.05) is 12.4 Å². The molecule has 1 aliphatic carbocycles. The number of aromatic nitrogens is 1. The maximum Gasteiger partial charge on any atom is 0.322 e. The molecule has 0 saturated carbocycles. The van der Waals surface area contributed by atoms with Gasteiger partial charge in [-0.2, -0.15) is 0 Å². The lowest BCUT2D eigenvalue weighted by atomic mass is 9.95. The van der Waals surface area contributed by atoms with Gasteiger partial charge in [-0.05, 0) is 85.7 Å². The number of amides is 2. The summed E-state index contributed by atoms with van der Waals surface area (Å²) in [6.07, 6.45) is 6.75. The minimum Gasteiger partial charge on any atom is -0.497 e. The predicted molar refractivity (Wildman–Crippen MR) is 146 cm³/mol. The number of rotatable bonds is 3. The number of carbonyl (C=O) groups excluding carboxylic acids is 1. The van der Waals surface area contributed by atoms with Crippen LogP contribution in [0.5, 0.6) is 5.75 Å². The number of halogens is 1. The van der Waals surface area contributed by atoms with Crippen molar-refractivity contribution < 1.29 is 9.53 Å². The number of ether oxygens (including phenoxy) is 1. The molecule has 0 saturated heterocycles. The number of nitrogens with one attached hydrogen (secondary N) is 1. The number of nitrogens with zero attached hydrogens (tertiary/aromatic N) is 2. The monoisotopic (exact) mass is 517 g/mol. The van der Waals surface area contributed by atoms with E-state index in [0.29, 0.717) is 17.3 Å². The zero-order chi connectivity index (χ0) is 24.8. The number of hydrogen-bond acceptors (Lipinski definition) is 3. The Balaban J connectivity index is 1.49. The molecule has 1 atom stereocenters. The molecule has 1 N–H and O–H groups in total. The predicted octanol–water partition coefficient (Wildman–Crippen LogP) is 7.53. The molecule has 0 radical (unpaired) electrons.